The van der Waals surface area contributed by atoms with Gasteiger partial charge in [-0.25, -0.2) is 0 Å². The van der Waals surface area contributed by atoms with Crippen molar-refractivity contribution in [1.82, 2.24) is 4.90 Å². The summed E-state index contributed by atoms with van der Waals surface area (Å²) in [5, 5.41) is 10.9. The van der Waals surface area contributed by atoms with Crippen LogP contribution in [0.5, 0.6) is 0 Å². The Morgan fingerprint density at radius 2 is 1.58 bits per heavy atom. The van der Waals surface area contributed by atoms with Crippen LogP contribution < -0.4 is 0 Å². The van der Waals surface area contributed by atoms with Gasteiger partial charge in [0.05, 0.1) is 6.10 Å². The molecule has 0 spiro atoms. The molecule has 2 aromatic carbocycles. The van der Waals surface area contributed by atoms with Gasteiger partial charge >= 0.3 is 0 Å². The molecule has 2 heteroatoms. The Labute approximate surface area is 157 Å². The lowest BCUT2D eigenvalue weighted by Crippen LogP contribution is -2.44. The van der Waals surface area contributed by atoms with Crippen LogP contribution in [0, 0.1) is 0 Å². The van der Waals surface area contributed by atoms with E-state index in [2.05, 4.69) is 49.3 Å². The van der Waals surface area contributed by atoms with Crippen molar-refractivity contribution in [3.05, 3.63) is 103 Å². The smallest absolute Gasteiger partial charge is 0.0942 e. The molecular weight excluding hydrogens is 318 g/mol. The first-order valence-corrected chi connectivity index (χ1v) is 9.11. The quantitative estimate of drug-likeness (QED) is 0.593. The fourth-order valence-electron chi connectivity index (χ4n) is 3.14. The second-order valence-corrected chi connectivity index (χ2v) is 6.44. The summed E-state index contributed by atoms with van der Waals surface area (Å²) < 4.78 is 0. The Hall–Kier alpha value is -2.42. The molecule has 3 atom stereocenters. The fraction of sp³-hybridized carbons (Fsp3) is 0.250. The van der Waals surface area contributed by atoms with Crippen LogP contribution in [0.2, 0.25) is 0 Å². The molecule has 0 aromatic heterocycles. The Kier molecular flexibility index (Phi) is 8.07. The summed E-state index contributed by atoms with van der Waals surface area (Å²) in [7, 11) is 0. The van der Waals surface area contributed by atoms with Crippen LogP contribution in [0.25, 0.3) is 6.08 Å². The third-order valence-corrected chi connectivity index (χ3v) is 4.61. The molecule has 0 radical (unpaired) electrons. The lowest BCUT2D eigenvalue weighted by molar-refractivity contribution is 0.0507. The Bertz CT molecular complexity index is 693. The summed E-state index contributed by atoms with van der Waals surface area (Å²) >= 11 is 0. The first-order chi connectivity index (χ1) is 12.7. The second-order valence-electron chi connectivity index (χ2n) is 6.44. The van der Waals surface area contributed by atoms with E-state index in [0.717, 1.165) is 17.5 Å². The van der Waals surface area contributed by atoms with Gasteiger partial charge in [-0.3, -0.25) is 4.90 Å². The summed E-state index contributed by atoms with van der Waals surface area (Å²) in [5.41, 5.74) is 2.09. The highest BCUT2D eigenvalue weighted by Crippen LogP contribution is 2.24. The maximum Gasteiger partial charge on any atom is 0.0942 e. The molecule has 2 nitrogen and oxygen atoms in total. The Morgan fingerprint density at radius 1 is 0.962 bits per heavy atom. The first kappa shape index (κ1) is 19.9. The van der Waals surface area contributed by atoms with E-state index in [0.29, 0.717) is 6.54 Å². The van der Waals surface area contributed by atoms with Crippen LogP contribution in [-0.4, -0.2) is 28.6 Å². The highest BCUT2D eigenvalue weighted by Gasteiger charge is 2.26. The minimum absolute atomic E-state index is 0.0548. The summed E-state index contributed by atoms with van der Waals surface area (Å²) in [6.07, 6.45) is 8.38. The van der Waals surface area contributed by atoms with E-state index in [4.69, 9.17) is 0 Å². The molecule has 0 saturated carbocycles. The maximum absolute atomic E-state index is 10.9. The third-order valence-electron chi connectivity index (χ3n) is 4.61. The van der Waals surface area contributed by atoms with Crippen LogP contribution in [-0.2, 0) is 0 Å². The predicted molar refractivity (Wildman–Crippen MR) is 112 cm³/mol. The predicted octanol–water partition coefficient (Wildman–Crippen LogP) is 5.25. The monoisotopic (exact) mass is 347 g/mol. The molecule has 0 aliphatic heterocycles. The maximum atomic E-state index is 10.9. The summed E-state index contributed by atoms with van der Waals surface area (Å²) in [6, 6.07) is 20.1. The molecule has 2 aromatic rings. The lowest BCUT2D eigenvalue weighted by atomic mass is 9.99. The van der Waals surface area contributed by atoms with Crippen molar-refractivity contribution in [1.29, 1.82) is 0 Å². The SMILES string of the molecule is C=CC[C@@H](/C=C/c1ccccc1)N(CC=C)[C@@H](C)[C@H](O)c1ccccc1. The molecule has 0 bridgehead atoms. The van der Waals surface area contributed by atoms with Gasteiger partial charge in [-0.15, -0.1) is 13.2 Å². The largest absolute Gasteiger partial charge is 0.387 e. The number of hydrogen-bond acceptors (Lipinski definition) is 2. The molecule has 0 amide bonds. The topological polar surface area (TPSA) is 23.5 Å². The van der Waals surface area contributed by atoms with Crippen molar-refractivity contribution in [3.8, 4) is 0 Å². The summed E-state index contributed by atoms with van der Waals surface area (Å²) in [6.45, 7) is 10.6. The fourth-order valence-corrected chi connectivity index (χ4v) is 3.14. The van der Waals surface area contributed by atoms with Crippen LogP contribution >= 0.6 is 0 Å². The van der Waals surface area contributed by atoms with Crippen molar-refractivity contribution < 1.29 is 5.11 Å². The van der Waals surface area contributed by atoms with Gasteiger partial charge in [-0.2, -0.15) is 0 Å². The van der Waals surface area contributed by atoms with E-state index in [1.807, 2.05) is 60.7 Å². The molecular formula is C24H29NO. The zero-order chi connectivity index (χ0) is 18.8. The zero-order valence-corrected chi connectivity index (χ0v) is 15.5. The van der Waals surface area contributed by atoms with Crippen LogP contribution in [0.1, 0.15) is 30.6 Å². The number of rotatable bonds is 10. The highest BCUT2D eigenvalue weighted by molar-refractivity contribution is 5.49. The van der Waals surface area contributed by atoms with Crippen molar-refractivity contribution >= 4 is 6.08 Å². The standard InChI is InChI=1S/C24H29NO/c1-4-12-23(18-17-21-13-8-6-9-14-21)25(19-5-2)20(3)24(26)22-15-10-7-11-16-22/h4-11,13-18,20,23-24,26H,1-2,12,19H2,3H3/b18-17+/t20-,23-,24-/m0/s1. The van der Waals surface area contributed by atoms with Gasteiger partial charge < -0.3 is 5.11 Å². The van der Waals surface area contributed by atoms with Gasteiger partial charge in [0.2, 0.25) is 0 Å². The molecule has 0 fully saturated rings. The van der Waals surface area contributed by atoms with E-state index < -0.39 is 6.10 Å². The number of aliphatic hydroxyl groups excluding tert-OH is 1. The molecule has 0 aliphatic carbocycles. The molecule has 136 valence electrons. The molecule has 0 heterocycles. The minimum atomic E-state index is -0.561. The Morgan fingerprint density at radius 3 is 2.15 bits per heavy atom. The van der Waals surface area contributed by atoms with Gasteiger partial charge in [0.1, 0.15) is 0 Å². The van der Waals surface area contributed by atoms with E-state index in [1.54, 1.807) is 0 Å². The van der Waals surface area contributed by atoms with Crippen LogP contribution in [0.4, 0.5) is 0 Å². The van der Waals surface area contributed by atoms with Crippen LogP contribution in [0.3, 0.4) is 0 Å². The third kappa shape index (κ3) is 5.55. The lowest BCUT2D eigenvalue weighted by Gasteiger charge is -2.36. The number of benzene rings is 2. The Balaban J connectivity index is 2.23. The molecule has 2 rings (SSSR count). The molecule has 0 aliphatic rings. The van der Waals surface area contributed by atoms with Crippen molar-refractivity contribution in [3.63, 3.8) is 0 Å². The number of aliphatic hydroxyl groups is 1. The van der Waals surface area contributed by atoms with Crippen molar-refractivity contribution in [2.45, 2.75) is 31.5 Å². The molecule has 0 unspecified atom stereocenters. The van der Waals surface area contributed by atoms with E-state index >= 15 is 0 Å². The van der Waals surface area contributed by atoms with E-state index in [-0.39, 0.29) is 12.1 Å². The number of nitrogens with zero attached hydrogens (tertiary/aromatic N) is 1. The van der Waals surface area contributed by atoms with E-state index in [1.165, 1.54) is 0 Å². The first-order valence-electron chi connectivity index (χ1n) is 9.11. The summed E-state index contributed by atoms with van der Waals surface area (Å²) in [4.78, 5) is 2.27. The second kappa shape index (κ2) is 10.5. The minimum Gasteiger partial charge on any atom is -0.387 e. The number of hydrogen-bond donors (Lipinski definition) is 1. The highest BCUT2D eigenvalue weighted by atomic mass is 16.3. The normalized spacial score (nSPS) is 14.9. The van der Waals surface area contributed by atoms with Gasteiger partial charge in [0.15, 0.2) is 0 Å². The van der Waals surface area contributed by atoms with E-state index in [9.17, 15) is 5.11 Å². The zero-order valence-electron chi connectivity index (χ0n) is 15.5. The van der Waals surface area contributed by atoms with Gasteiger partial charge in [-0.1, -0.05) is 85.0 Å². The molecule has 0 saturated heterocycles. The van der Waals surface area contributed by atoms with Crippen LogP contribution in [0.15, 0.2) is 92.0 Å². The van der Waals surface area contributed by atoms with Crippen molar-refractivity contribution in [2.75, 3.05) is 6.54 Å². The van der Waals surface area contributed by atoms with Gasteiger partial charge in [0.25, 0.3) is 0 Å². The average Bonchev–Trinajstić information content (AvgIpc) is 2.70. The average molecular weight is 348 g/mol. The van der Waals surface area contributed by atoms with Gasteiger partial charge in [-0.05, 0) is 24.5 Å². The molecule has 1 N–H and O–H groups in total. The summed E-state index contributed by atoms with van der Waals surface area (Å²) in [5.74, 6) is 0. The van der Waals surface area contributed by atoms with Crippen molar-refractivity contribution in [2.24, 2.45) is 0 Å². The van der Waals surface area contributed by atoms with Gasteiger partial charge in [0, 0.05) is 18.6 Å². The molecule has 26 heavy (non-hydrogen) atoms.